The molecule has 0 aliphatic carbocycles. The van der Waals surface area contributed by atoms with E-state index in [0.29, 0.717) is 4.32 Å². The lowest BCUT2D eigenvalue weighted by Crippen LogP contribution is -2.35. The van der Waals surface area contributed by atoms with Crippen molar-refractivity contribution in [2.45, 2.75) is 0 Å². The van der Waals surface area contributed by atoms with Gasteiger partial charge in [-0.15, -0.1) is 0 Å². The highest BCUT2D eigenvalue weighted by Crippen LogP contribution is 2.20. The number of rotatable bonds is 4. The molecule has 0 unspecified atom stereocenters. The van der Waals surface area contributed by atoms with Gasteiger partial charge in [0.1, 0.15) is 16.6 Å². The number of nitro groups is 1. The summed E-state index contributed by atoms with van der Waals surface area (Å²) >= 11 is 6.12. The van der Waals surface area contributed by atoms with Crippen LogP contribution in [0.5, 0.6) is 5.75 Å². The highest BCUT2D eigenvalue weighted by molar-refractivity contribution is 8.23. The first-order valence-electron chi connectivity index (χ1n) is 5.39. The second-order valence-corrected chi connectivity index (χ2v) is 5.37. The molecule has 1 heterocycles. The van der Waals surface area contributed by atoms with E-state index in [9.17, 15) is 19.7 Å². The van der Waals surface area contributed by atoms with Crippen LogP contribution < -0.4 is 4.74 Å². The van der Waals surface area contributed by atoms with Crippen molar-refractivity contribution in [3.8, 4) is 5.75 Å². The number of benzene rings is 1. The van der Waals surface area contributed by atoms with Crippen molar-refractivity contribution < 1.29 is 19.2 Å². The van der Waals surface area contributed by atoms with Gasteiger partial charge in [0.15, 0.2) is 0 Å². The molecule has 2 rings (SSSR count). The Bertz CT molecular complexity index is 571. The molecule has 1 aromatic carbocycles. The fourth-order valence-corrected chi connectivity index (χ4v) is 2.53. The van der Waals surface area contributed by atoms with E-state index in [-0.39, 0.29) is 29.6 Å². The molecule has 7 nitrogen and oxygen atoms in total. The Balaban J connectivity index is 1.96. The molecule has 0 bridgehead atoms. The summed E-state index contributed by atoms with van der Waals surface area (Å²) < 4.78 is 5.33. The van der Waals surface area contributed by atoms with Crippen LogP contribution in [0.4, 0.5) is 5.69 Å². The maximum Gasteiger partial charge on any atom is 0.331 e. The third kappa shape index (κ3) is 3.31. The van der Waals surface area contributed by atoms with Crippen LogP contribution in [0.15, 0.2) is 24.3 Å². The maximum atomic E-state index is 11.7. The summed E-state index contributed by atoms with van der Waals surface area (Å²) in [6.45, 7) is -0.262. The summed E-state index contributed by atoms with van der Waals surface area (Å²) in [7, 11) is 0. The van der Waals surface area contributed by atoms with Crippen LogP contribution >= 0.6 is 24.0 Å². The fourth-order valence-electron chi connectivity index (χ4n) is 1.46. The molecule has 1 amide bonds. The molecule has 1 fully saturated rings. The summed E-state index contributed by atoms with van der Waals surface area (Å²) in [5.41, 5.74) is -0.0999. The molecule has 1 aliphatic rings. The number of thioether (sulfide) groups is 1. The van der Waals surface area contributed by atoms with Gasteiger partial charge in [-0.1, -0.05) is 24.0 Å². The molecular weight excluding hydrogens is 304 g/mol. The lowest BCUT2D eigenvalue weighted by molar-refractivity contribution is -0.384. The van der Waals surface area contributed by atoms with Crippen molar-refractivity contribution in [2.75, 3.05) is 12.3 Å². The predicted octanol–water partition coefficient (Wildman–Crippen LogP) is 1.36. The van der Waals surface area contributed by atoms with Crippen LogP contribution in [0, 0.1) is 10.1 Å². The second kappa shape index (κ2) is 5.97. The SMILES string of the molecule is O=C(CN1C(=O)CSC1=S)Oc1ccc([N+](=O)[O-])cc1. The minimum Gasteiger partial charge on any atom is -0.425 e. The zero-order valence-electron chi connectivity index (χ0n) is 9.98. The van der Waals surface area contributed by atoms with E-state index < -0.39 is 10.9 Å². The average molecular weight is 312 g/mol. The van der Waals surface area contributed by atoms with Gasteiger partial charge < -0.3 is 4.74 Å². The van der Waals surface area contributed by atoms with E-state index in [1.54, 1.807) is 0 Å². The molecule has 20 heavy (non-hydrogen) atoms. The lowest BCUT2D eigenvalue weighted by atomic mass is 10.3. The molecule has 104 valence electrons. The Kier molecular flexibility index (Phi) is 4.30. The monoisotopic (exact) mass is 312 g/mol. The van der Waals surface area contributed by atoms with Gasteiger partial charge in [0, 0.05) is 12.1 Å². The summed E-state index contributed by atoms with van der Waals surface area (Å²) in [6, 6.07) is 5.08. The van der Waals surface area contributed by atoms with Crippen molar-refractivity contribution >= 4 is 45.9 Å². The molecule has 9 heteroatoms. The zero-order chi connectivity index (χ0) is 14.7. The third-order valence-electron chi connectivity index (χ3n) is 2.41. The van der Waals surface area contributed by atoms with Crippen molar-refractivity contribution in [3.63, 3.8) is 0 Å². The summed E-state index contributed by atoms with van der Waals surface area (Å²) in [5, 5.41) is 10.5. The maximum absolute atomic E-state index is 11.7. The molecule has 0 saturated carbocycles. The van der Waals surface area contributed by atoms with Crippen molar-refractivity contribution in [2.24, 2.45) is 0 Å². The standard InChI is InChI=1S/C11H8N2O5S2/c14-9-6-20-11(19)12(9)5-10(15)18-8-3-1-7(2-4-8)13(16)17/h1-4H,5-6H2. The quantitative estimate of drug-likeness (QED) is 0.272. The molecule has 0 aromatic heterocycles. The van der Waals surface area contributed by atoms with Crippen LogP contribution in [-0.4, -0.2) is 38.3 Å². The number of carbonyl (C=O) groups is 2. The van der Waals surface area contributed by atoms with E-state index in [4.69, 9.17) is 17.0 Å². The van der Waals surface area contributed by atoms with Gasteiger partial charge in [-0.2, -0.15) is 0 Å². The highest BCUT2D eigenvalue weighted by Gasteiger charge is 2.29. The molecular formula is C11H8N2O5S2. The number of nitro benzene ring substituents is 1. The minimum atomic E-state index is -0.656. The van der Waals surface area contributed by atoms with E-state index in [0.717, 1.165) is 0 Å². The number of ether oxygens (including phenoxy) is 1. The first kappa shape index (κ1) is 14.4. The lowest BCUT2D eigenvalue weighted by Gasteiger charge is -2.13. The second-order valence-electron chi connectivity index (χ2n) is 3.76. The van der Waals surface area contributed by atoms with Crippen LogP contribution in [0.1, 0.15) is 0 Å². The van der Waals surface area contributed by atoms with Crippen molar-refractivity contribution in [1.29, 1.82) is 0 Å². The molecule has 0 radical (unpaired) electrons. The highest BCUT2D eigenvalue weighted by atomic mass is 32.2. The molecule has 0 atom stereocenters. The number of hydrogen-bond donors (Lipinski definition) is 0. The van der Waals surface area contributed by atoms with Crippen molar-refractivity contribution in [1.82, 2.24) is 4.90 Å². The van der Waals surface area contributed by atoms with Gasteiger partial charge in [0.2, 0.25) is 5.91 Å². The van der Waals surface area contributed by atoms with E-state index in [1.807, 2.05) is 0 Å². The number of hydrogen-bond acceptors (Lipinski definition) is 7. The summed E-state index contributed by atoms with van der Waals surface area (Å²) in [5.74, 6) is -0.493. The Hall–Kier alpha value is -2.00. The fraction of sp³-hybridized carbons (Fsp3) is 0.182. The van der Waals surface area contributed by atoms with Gasteiger partial charge in [-0.05, 0) is 12.1 Å². The average Bonchev–Trinajstić information content (AvgIpc) is 2.71. The van der Waals surface area contributed by atoms with Gasteiger partial charge in [0.25, 0.3) is 5.69 Å². The topological polar surface area (TPSA) is 89.8 Å². The van der Waals surface area contributed by atoms with E-state index in [1.165, 1.54) is 40.9 Å². The summed E-state index contributed by atoms with van der Waals surface area (Å²) in [4.78, 5) is 34.2. The van der Waals surface area contributed by atoms with Gasteiger partial charge in [0.05, 0.1) is 10.7 Å². The number of amides is 1. The van der Waals surface area contributed by atoms with Gasteiger partial charge >= 0.3 is 5.97 Å². The normalized spacial score (nSPS) is 14.5. The zero-order valence-corrected chi connectivity index (χ0v) is 11.6. The molecule has 0 spiro atoms. The van der Waals surface area contributed by atoms with Crippen LogP contribution in [0.3, 0.4) is 0 Å². The number of thiocarbonyl (C=S) groups is 1. The minimum absolute atomic E-state index is 0.0999. The van der Waals surface area contributed by atoms with Crippen molar-refractivity contribution in [3.05, 3.63) is 34.4 Å². The van der Waals surface area contributed by atoms with Gasteiger partial charge in [-0.25, -0.2) is 4.79 Å². The van der Waals surface area contributed by atoms with E-state index >= 15 is 0 Å². The smallest absolute Gasteiger partial charge is 0.331 e. The third-order valence-corrected chi connectivity index (χ3v) is 3.84. The van der Waals surface area contributed by atoms with Crippen LogP contribution in [-0.2, 0) is 9.59 Å². The van der Waals surface area contributed by atoms with Crippen LogP contribution in [0.2, 0.25) is 0 Å². The molecule has 1 saturated heterocycles. The first-order valence-corrected chi connectivity index (χ1v) is 6.79. The Morgan fingerprint density at radius 2 is 2.10 bits per heavy atom. The number of carbonyl (C=O) groups excluding carboxylic acids is 2. The number of esters is 1. The van der Waals surface area contributed by atoms with Crippen LogP contribution in [0.25, 0.3) is 0 Å². The number of non-ortho nitro benzene ring substituents is 1. The Morgan fingerprint density at radius 1 is 1.45 bits per heavy atom. The van der Waals surface area contributed by atoms with Gasteiger partial charge in [-0.3, -0.25) is 19.8 Å². The Labute approximate surface area is 123 Å². The molecule has 1 aliphatic heterocycles. The molecule has 0 N–H and O–H groups in total. The largest absolute Gasteiger partial charge is 0.425 e. The number of nitrogens with zero attached hydrogens (tertiary/aromatic N) is 2. The Morgan fingerprint density at radius 3 is 2.60 bits per heavy atom. The predicted molar refractivity (Wildman–Crippen MR) is 75.5 cm³/mol. The summed E-state index contributed by atoms with van der Waals surface area (Å²) in [6.07, 6.45) is 0. The molecule has 1 aromatic rings. The first-order chi connectivity index (χ1) is 9.47. The van der Waals surface area contributed by atoms with E-state index in [2.05, 4.69) is 0 Å².